The molecular formula is C16H23N2O3PS2. The summed E-state index contributed by atoms with van der Waals surface area (Å²) in [5, 5.41) is 0. The van der Waals surface area contributed by atoms with Crippen LogP contribution >= 0.6 is 28.5 Å². The van der Waals surface area contributed by atoms with E-state index in [2.05, 4.69) is 22.8 Å². The lowest BCUT2D eigenvalue weighted by Crippen LogP contribution is -2.03. The van der Waals surface area contributed by atoms with Gasteiger partial charge in [0, 0.05) is 23.5 Å². The van der Waals surface area contributed by atoms with Crippen LogP contribution in [0, 0.1) is 12.3 Å². The number of aromatic nitrogens is 2. The van der Waals surface area contributed by atoms with Crippen LogP contribution in [0.25, 0.3) is 0 Å². The van der Waals surface area contributed by atoms with Gasteiger partial charge in [-0.25, -0.2) is 4.98 Å². The first kappa shape index (κ1) is 19.7. The molecule has 0 N–H and O–H groups in total. The second-order valence-corrected chi connectivity index (χ2v) is 12.8. The minimum atomic E-state index is -2.76. The fraction of sp³-hybridized carbons (Fsp3) is 0.625. The van der Waals surface area contributed by atoms with Gasteiger partial charge in [0.1, 0.15) is 5.82 Å². The van der Waals surface area contributed by atoms with Crippen molar-refractivity contribution in [2.24, 2.45) is 0 Å². The molecule has 1 heterocycles. The monoisotopic (exact) mass is 386 g/mol. The Kier molecular flexibility index (Phi) is 7.96. The Morgan fingerprint density at radius 1 is 1.38 bits per heavy atom. The average molecular weight is 386 g/mol. The Morgan fingerprint density at radius 3 is 2.79 bits per heavy atom. The second-order valence-electron chi connectivity index (χ2n) is 5.29. The van der Waals surface area contributed by atoms with Crippen molar-refractivity contribution in [3.63, 3.8) is 0 Å². The molecule has 132 valence electrons. The van der Waals surface area contributed by atoms with Crippen LogP contribution in [0.4, 0.5) is 0 Å². The highest BCUT2D eigenvalue weighted by molar-refractivity contribution is 8.89. The average Bonchev–Trinajstić information content (AvgIpc) is 3.42. The molecule has 1 atom stereocenters. The Hall–Kier alpha value is -0.670. The molecule has 1 unspecified atom stereocenters. The Balaban J connectivity index is 2.07. The van der Waals surface area contributed by atoms with Gasteiger partial charge in [-0.05, 0) is 26.2 Å². The predicted molar refractivity (Wildman–Crippen MR) is 102 cm³/mol. The lowest BCUT2D eigenvalue weighted by atomic mass is 10.3. The van der Waals surface area contributed by atoms with Crippen LogP contribution in [0.2, 0.25) is 0 Å². The van der Waals surface area contributed by atoms with Crippen LogP contribution in [-0.2, 0) is 14.8 Å². The van der Waals surface area contributed by atoms with Crippen LogP contribution in [-0.4, -0.2) is 28.9 Å². The summed E-state index contributed by atoms with van der Waals surface area (Å²) in [4.78, 5) is 9.02. The molecule has 1 aromatic heterocycles. The van der Waals surface area contributed by atoms with Crippen molar-refractivity contribution in [2.75, 3.05) is 19.0 Å². The Bertz CT molecular complexity index is 632. The topological polar surface area (TPSA) is 61.3 Å². The molecule has 1 aromatic rings. The molecule has 0 bridgehead atoms. The fourth-order valence-electron chi connectivity index (χ4n) is 1.90. The predicted octanol–water partition coefficient (Wildman–Crippen LogP) is 4.89. The van der Waals surface area contributed by atoms with E-state index in [9.17, 15) is 4.57 Å². The van der Waals surface area contributed by atoms with Crippen LogP contribution in [0.1, 0.15) is 50.5 Å². The minimum absolute atomic E-state index is 0.178. The molecule has 0 aliphatic heterocycles. The molecule has 0 aromatic carbocycles. The van der Waals surface area contributed by atoms with Gasteiger partial charge in [-0.2, -0.15) is 4.98 Å². The lowest BCUT2D eigenvalue weighted by molar-refractivity contribution is 0.352. The standard InChI is InChI=1S/C16H23N2O3PS2/c1-4-9-20-15-11-14(17-16(18-15)13-7-8-13)12-24-22(19,21-6-3)23-10-5-2/h1,11,13H,5-10,12H2,2-3H3. The fourth-order valence-corrected chi connectivity index (χ4v) is 8.49. The summed E-state index contributed by atoms with van der Waals surface area (Å²) < 4.78 is 23.8. The summed E-state index contributed by atoms with van der Waals surface area (Å²) in [5.74, 6) is 2.70. The molecule has 5 nitrogen and oxygen atoms in total. The Labute approximate surface area is 152 Å². The largest absolute Gasteiger partial charge is 0.464 e. The van der Waals surface area contributed by atoms with Crippen molar-refractivity contribution >= 4 is 28.5 Å². The third-order valence-electron chi connectivity index (χ3n) is 3.13. The first-order valence-corrected chi connectivity index (χ1v) is 12.9. The van der Waals surface area contributed by atoms with Crippen molar-refractivity contribution in [3.05, 3.63) is 17.6 Å². The number of ether oxygens (including phenoxy) is 1. The highest BCUT2D eigenvalue weighted by atomic mass is 33.1. The third-order valence-corrected chi connectivity index (χ3v) is 10.7. The van der Waals surface area contributed by atoms with Crippen molar-refractivity contribution in [3.8, 4) is 18.2 Å². The summed E-state index contributed by atoms with van der Waals surface area (Å²) in [7, 11) is 0. The van der Waals surface area contributed by atoms with Gasteiger partial charge in [0.2, 0.25) is 5.88 Å². The van der Waals surface area contributed by atoms with E-state index in [0.717, 1.165) is 36.5 Å². The van der Waals surface area contributed by atoms with Gasteiger partial charge in [-0.15, -0.1) is 6.42 Å². The van der Waals surface area contributed by atoms with Gasteiger partial charge < -0.3 is 9.26 Å². The summed E-state index contributed by atoms with van der Waals surface area (Å²) in [6.07, 6.45) is 8.42. The summed E-state index contributed by atoms with van der Waals surface area (Å²) in [6.45, 7) is 4.54. The summed E-state index contributed by atoms with van der Waals surface area (Å²) in [5.41, 5.74) is 0.806. The highest BCUT2D eigenvalue weighted by Crippen LogP contribution is 2.70. The lowest BCUT2D eigenvalue weighted by Gasteiger charge is -2.16. The zero-order valence-corrected chi connectivity index (χ0v) is 16.6. The van der Waals surface area contributed by atoms with Gasteiger partial charge in [0.05, 0.1) is 12.3 Å². The van der Waals surface area contributed by atoms with Crippen molar-refractivity contribution < 1.29 is 13.8 Å². The van der Waals surface area contributed by atoms with Crippen LogP contribution in [0.3, 0.4) is 0 Å². The second kappa shape index (κ2) is 9.72. The number of terminal acetylenes is 1. The minimum Gasteiger partial charge on any atom is -0.464 e. The van der Waals surface area contributed by atoms with E-state index < -0.39 is 5.77 Å². The molecule has 1 aliphatic carbocycles. The van der Waals surface area contributed by atoms with Crippen molar-refractivity contribution in [2.45, 2.75) is 44.8 Å². The van der Waals surface area contributed by atoms with Gasteiger partial charge in [0.25, 0.3) is 0 Å². The molecule has 1 aliphatic rings. The molecule has 0 amide bonds. The maximum Gasteiger partial charge on any atom is 0.313 e. The number of hydrogen-bond acceptors (Lipinski definition) is 7. The van der Waals surface area contributed by atoms with E-state index in [1.54, 1.807) is 6.07 Å². The quantitative estimate of drug-likeness (QED) is 0.396. The molecule has 0 saturated heterocycles. The van der Waals surface area contributed by atoms with Crippen molar-refractivity contribution in [1.29, 1.82) is 0 Å². The summed E-state index contributed by atoms with van der Waals surface area (Å²) in [6, 6.07) is 1.77. The van der Waals surface area contributed by atoms with E-state index in [0.29, 0.717) is 24.2 Å². The van der Waals surface area contributed by atoms with E-state index in [1.807, 2.05) is 6.92 Å². The van der Waals surface area contributed by atoms with Crippen LogP contribution in [0.15, 0.2) is 6.07 Å². The zero-order valence-electron chi connectivity index (χ0n) is 14.1. The van der Waals surface area contributed by atoms with E-state index in [4.69, 9.17) is 15.7 Å². The molecule has 0 radical (unpaired) electrons. The number of nitrogens with zero attached hydrogens (tertiary/aromatic N) is 2. The SMILES string of the molecule is C#CCOc1cc(CSP(=O)(OCC)SCCC)nc(C2CC2)n1. The first-order valence-electron chi connectivity index (χ1n) is 8.08. The normalized spacial score (nSPS) is 16.4. The van der Waals surface area contributed by atoms with E-state index in [-0.39, 0.29) is 6.61 Å². The van der Waals surface area contributed by atoms with Crippen LogP contribution < -0.4 is 4.74 Å². The molecule has 24 heavy (non-hydrogen) atoms. The van der Waals surface area contributed by atoms with Gasteiger partial charge in [-0.1, -0.05) is 35.6 Å². The van der Waals surface area contributed by atoms with Crippen molar-refractivity contribution in [1.82, 2.24) is 9.97 Å². The summed E-state index contributed by atoms with van der Waals surface area (Å²) >= 11 is 2.73. The van der Waals surface area contributed by atoms with Gasteiger partial charge in [0.15, 0.2) is 6.61 Å². The van der Waals surface area contributed by atoms with E-state index >= 15 is 0 Å². The van der Waals surface area contributed by atoms with E-state index in [1.165, 1.54) is 22.8 Å². The molecule has 2 rings (SSSR count). The number of hydrogen-bond donors (Lipinski definition) is 0. The highest BCUT2D eigenvalue weighted by Gasteiger charge is 2.29. The maximum atomic E-state index is 12.8. The molecule has 8 heteroatoms. The first-order chi connectivity index (χ1) is 11.6. The van der Waals surface area contributed by atoms with Gasteiger partial charge >= 0.3 is 5.77 Å². The van der Waals surface area contributed by atoms with Crippen LogP contribution in [0.5, 0.6) is 5.88 Å². The smallest absolute Gasteiger partial charge is 0.313 e. The third kappa shape index (κ3) is 6.33. The number of rotatable bonds is 11. The molecular weight excluding hydrogens is 363 g/mol. The molecule has 1 fully saturated rings. The van der Waals surface area contributed by atoms with Gasteiger partial charge in [-0.3, -0.25) is 4.57 Å². The zero-order chi connectivity index (χ0) is 17.4. The Morgan fingerprint density at radius 2 is 2.17 bits per heavy atom. The molecule has 1 saturated carbocycles. The molecule has 0 spiro atoms. The maximum absolute atomic E-state index is 12.8.